The lowest BCUT2D eigenvalue weighted by Gasteiger charge is -2.35. The number of aryl methyl sites for hydroxylation is 2. The smallest absolute Gasteiger partial charge is 0.142 e. The van der Waals surface area contributed by atoms with Gasteiger partial charge in [0.25, 0.3) is 0 Å². The second-order valence-electron chi connectivity index (χ2n) is 6.47. The predicted octanol–water partition coefficient (Wildman–Crippen LogP) is 1.97. The summed E-state index contributed by atoms with van der Waals surface area (Å²) in [6, 6.07) is 3.36. The highest BCUT2D eigenvalue weighted by atomic mass is 16.1. The van der Waals surface area contributed by atoms with Crippen LogP contribution in [0.2, 0.25) is 0 Å². The number of ketones is 1. The SMILES string of the molecule is CCc1cc(CC(=O)C2CC3CCC(C2)N3C)n(C)n1. The van der Waals surface area contributed by atoms with E-state index in [1.165, 1.54) is 12.8 Å². The van der Waals surface area contributed by atoms with E-state index >= 15 is 0 Å². The minimum atomic E-state index is 0.267. The first-order valence-corrected chi connectivity index (χ1v) is 7.85. The van der Waals surface area contributed by atoms with E-state index in [0.29, 0.717) is 24.3 Å². The summed E-state index contributed by atoms with van der Waals surface area (Å²) in [5.41, 5.74) is 2.15. The Kier molecular flexibility index (Phi) is 3.67. The van der Waals surface area contributed by atoms with Gasteiger partial charge in [0.2, 0.25) is 0 Å². The van der Waals surface area contributed by atoms with E-state index in [-0.39, 0.29) is 5.92 Å². The van der Waals surface area contributed by atoms with Crippen LogP contribution in [0.4, 0.5) is 0 Å². The highest BCUT2D eigenvalue weighted by Gasteiger charge is 2.40. The molecule has 4 heteroatoms. The van der Waals surface area contributed by atoms with Crippen LogP contribution >= 0.6 is 0 Å². The van der Waals surface area contributed by atoms with E-state index in [0.717, 1.165) is 30.7 Å². The van der Waals surface area contributed by atoms with Gasteiger partial charge in [-0.3, -0.25) is 9.48 Å². The zero-order valence-corrected chi connectivity index (χ0v) is 12.8. The number of Topliss-reactive ketones (excluding diaryl/α,β-unsaturated/α-hetero) is 1. The molecule has 2 unspecified atom stereocenters. The molecule has 0 saturated carbocycles. The molecule has 0 aliphatic carbocycles. The number of carbonyl (C=O) groups excluding carboxylic acids is 1. The molecule has 0 spiro atoms. The van der Waals surface area contributed by atoms with E-state index in [2.05, 4.69) is 30.0 Å². The topological polar surface area (TPSA) is 38.1 Å². The lowest BCUT2D eigenvalue weighted by molar-refractivity contribution is -0.124. The highest BCUT2D eigenvalue weighted by molar-refractivity contribution is 5.83. The van der Waals surface area contributed by atoms with Crippen molar-refractivity contribution in [2.75, 3.05) is 7.05 Å². The molecule has 1 aromatic rings. The lowest BCUT2D eigenvalue weighted by Crippen LogP contribution is -2.42. The standard InChI is InChI=1S/C16H25N3O/c1-4-12-9-15(19(3)17-12)10-16(20)11-7-13-5-6-14(8-11)18(13)2/h9,11,13-14H,4-8,10H2,1-3H3. The fourth-order valence-electron chi connectivity index (χ4n) is 3.91. The van der Waals surface area contributed by atoms with Crippen LogP contribution in [0.3, 0.4) is 0 Å². The molecular formula is C16H25N3O. The zero-order chi connectivity index (χ0) is 14.3. The summed E-state index contributed by atoms with van der Waals surface area (Å²) < 4.78 is 1.88. The second kappa shape index (κ2) is 5.32. The van der Waals surface area contributed by atoms with Crippen molar-refractivity contribution in [2.45, 2.75) is 57.5 Å². The third kappa shape index (κ3) is 2.41. The van der Waals surface area contributed by atoms with Crippen LogP contribution < -0.4 is 0 Å². The summed E-state index contributed by atoms with van der Waals surface area (Å²) in [6.07, 6.45) is 6.15. The summed E-state index contributed by atoms with van der Waals surface area (Å²) in [7, 11) is 4.16. The molecule has 3 rings (SSSR count). The highest BCUT2D eigenvalue weighted by Crippen LogP contribution is 2.38. The van der Waals surface area contributed by atoms with Crippen LogP contribution in [0.15, 0.2) is 6.07 Å². The van der Waals surface area contributed by atoms with Gasteiger partial charge >= 0.3 is 0 Å². The van der Waals surface area contributed by atoms with Crippen LogP contribution in [0.5, 0.6) is 0 Å². The van der Waals surface area contributed by atoms with E-state index in [9.17, 15) is 4.79 Å². The number of rotatable bonds is 4. The average Bonchev–Trinajstić information content (AvgIpc) is 2.86. The minimum Gasteiger partial charge on any atom is -0.300 e. The van der Waals surface area contributed by atoms with E-state index < -0.39 is 0 Å². The largest absolute Gasteiger partial charge is 0.300 e. The summed E-state index contributed by atoms with van der Waals surface area (Å²) >= 11 is 0. The molecule has 1 aromatic heterocycles. The summed E-state index contributed by atoms with van der Waals surface area (Å²) in [5.74, 6) is 0.685. The fourth-order valence-corrected chi connectivity index (χ4v) is 3.91. The summed E-state index contributed by atoms with van der Waals surface area (Å²) in [5, 5.41) is 4.44. The van der Waals surface area contributed by atoms with Gasteiger partial charge in [-0.2, -0.15) is 5.10 Å². The van der Waals surface area contributed by atoms with Crippen LogP contribution in [0, 0.1) is 5.92 Å². The number of piperidine rings is 1. The monoisotopic (exact) mass is 275 g/mol. The Hall–Kier alpha value is -1.16. The Labute approximate surface area is 121 Å². The lowest BCUT2D eigenvalue weighted by atomic mass is 9.86. The molecule has 110 valence electrons. The fraction of sp³-hybridized carbons (Fsp3) is 0.750. The van der Waals surface area contributed by atoms with Gasteiger partial charge in [-0.05, 0) is 45.2 Å². The van der Waals surface area contributed by atoms with Crippen molar-refractivity contribution in [1.29, 1.82) is 0 Å². The first kappa shape index (κ1) is 13.8. The van der Waals surface area contributed by atoms with Crippen LogP contribution in [0.25, 0.3) is 0 Å². The van der Waals surface area contributed by atoms with E-state index in [1.807, 2.05) is 11.7 Å². The molecule has 0 radical (unpaired) electrons. The molecule has 2 aliphatic rings. The van der Waals surface area contributed by atoms with Gasteiger partial charge in [0.1, 0.15) is 5.78 Å². The molecule has 2 saturated heterocycles. The molecule has 2 atom stereocenters. The number of carbonyl (C=O) groups is 1. The van der Waals surface area contributed by atoms with Gasteiger partial charge in [-0.1, -0.05) is 6.92 Å². The number of hydrogen-bond acceptors (Lipinski definition) is 3. The molecule has 0 N–H and O–H groups in total. The van der Waals surface area contributed by atoms with Gasteiger partial charge in [0.15, 0.2) is 0 Å². The van der Waals surface area contributed by atoms with Crippen molar-refractivity contribution in [1.82, 2.24) is 14.7 Å². The number of fused-ring (bicyclic) bond motifs is 2. The predicted molar refractivity (Wildman–Crippen MR) is 78.6 cm³/mol. The Balaban J connectivity index is 1.66. The van der Waals surface area contributed by atoms with Gasteiger partial charge < -0.3 is 4.90 Å². The molecular weight excluding hydrogens is 250 g/mol. The molecule has 0 amide bonds. The molecule has 0 aromatic carbocycles. The van der Waals surface area contributed by atoms with E-state index in [1.54, 1.807) is 0 Å². The maximum atomic E-state index is 12.6. The molecule has 20 heavy (non-hydrogen) atoms. The molecule has 2 aliphatic heterocycles. The summed E-state index contributed by atoms with van der Waals surface area (Å²) in [6.45, 7) is 2.10. The van der Waals surface area contributed by atoms with Crippen molar-refractivity contribution < 1.29 is 4.79 Å². The third-order valence-corrected chi connectivity index (χ3v) is 5.30. The quantitative estimate of drug-likeness (QED) is 0.843. The maximum absolute atomic E-state index is 12.6. The van der Waals surface area contributed by atoms with Crippen molar-refractivity contribution in [3.8, 4) is 0 Å². The average molecular weight is 275 g/mol. The van der Waals surface area contributed by atoms with Gasteiger partial charge in [-0.25, -0.2) is 0 Å². The van der Waals surface area contributed by atoms with Gasteiger partial charge in [0.05, 0.1) is 5.69 Å². The van der Waals surface area contributed by atoms with Crippen molar-refractivity contribution >= 4 is 5.78 Å². The van der Waals surface area contributed by atoms with E-state index in [4.69, 9.17) is 0 Å². The van der Waals surface area contributed by atoms with Gasteiger partial charge in [0, 0.05) is 37.2 Å². The number of nitrogens with zero attached hydrogens (tertiary/aromatic N) is 3. The Morgan fingerprint density at radius 3 is 2.50 bits per heavy atom. The number of aromatic nitrogens is 2. The summed E-state index contributed by atoms with van der Waals surface area (Å²) in [4.78, 5) is 15.1. The van der Waals surface area contributed by atoms with Crippen molar-refractivity contribution in [2.24, 2.45) is 13.0 Å². The molecule has 4 nitrogen and oxygen atoms in total. The second-order valence-corrected chi connectivity index (χ2v) is 6.47. The van der Waals surface area contributed by atoms with Crippen LogP contribution in [-0.2, 0) is 24.7 Å². The zero-order valence-electron chi connectivity index (χ0n) is 12.8. The Morgan fingerprint density at radius 2 is 1.95 bits per heavy atom. The first-order valence-electron chi connectivity index (χ1n) is 7.85. The Morgan fingerprint density at radius 1 is 1.30 bits per heavy atom. The van der Waals surface area contributed by atoms with Crippen molar-refractivity contribution in [3.05, 3.63) is 17.5 Å². The van der Waals surface area contributed by atoms with Crippen molar-refractivity contribution in [3.63, 3.8) is 0 Å². The number of hydrogen-bond donors (Lipinski definition) is 0. The Bertz CT molecular complexity index is 494. The minimum absolute atomic E-state index is 0.267. The maximum Gasteiger partial charge on any atom is 0.142 e. The van der Waals surface area contributed by atoms with Crippen LogP contribution in [0.1, 0.15) is 44.0 Å². The normalized spacial score (nSPS) is 29.9. The third-order valence-electron chi connectivity index (χ3n) is 5.30. The van der Waals surface area contributed by atoms with Crippen LogP contribution in [-0.4, -0.2) is 39.6 Å². The molecule has 2 fully saturated rings. The molecule has 2 bridgehead atoms. The molecule has 3 heterocycles. The van der Waals surface area contributed by atoms with Gasteiger partial charge in [-0.15, -0.1) is 0 Å². The first-order chi connectivity index (χ1) is 9.58.